The summed E-state index contributed by atoms with van der Waals surface area (Å²) in [4.78, 5) is 18.8. The molecule has 2 aromatic rings. The minimum atomic E-state index is -1.09. The monoisotopic (exact) mass is 206 g/mol. The number of hydrogen-bond donors (Lipinski definition) is 2. The average molecular weight is 206 g/mol. The number of rotatable bonds is 2. The summed E-state index contributed by atoms with van der Waals surface area (Å²) in [6, 6.07) is 0.670. The summed E-state index contributed by atoms with van der Waals surface area (Å²) in [5.41, 5.74) is 7.24. The van der Waals surface area contributed by atoms with E-state index in [0.29, 0.717) is 11.3 Å². The van der Waals surface area contributed by atoms with Crippen LogP contribution in [0.4, 0.5) is 0 Å². The molecule has 2 rings (SSSR count). The highest BCUT2D eigenvalue weighted by Crippen LogP contribution is 2.11. The molecule has 0 aliphatic heterocycles. The minimum Gasteiger partial charge on any atom is -0.480 e. The summed E-state index contributed by atoms with van der Waals surface area (Å²) in [7, 11) is 0. The van der Waals surface area contributed by atoms with Gasteiger partial charge < -0.3 is 10.8 Å². The summed E-state index contributed by atoms with van der Waals surface area (Å²) in [5, 5.41) is 8.73. The zero-order valence-electron chi connectivity index (χ0n) is 8.08. The fourth-order valence-electron chi connectivity index (χ4n) is 1.28. The Balaban J connectivity index is 2.51. The molecule has 15 heavy (non-hydrogen) atoms. The van der Waals surface area contributed by atoms with Crippen molar-refractivity contribution in [1.82, 2.24) is 14.4 Å². The van der Waals surface area contributed by atoms with Crippen molar-refractivity contribution in [3.8, 4) is 0 Å². The van der Waals surface area contributed by atoms with Crippen LogP contribution in [0.5, 0.6) is 0 Å². The molecule has 0 aliphatic rings. The minimum absolute atomic E-state index is 0.329. The Morgan fingerprint density at radius 2 is 2.40 bits per heavy atom. The summed E-state index contributed by atoms with van der Waals surface area (Å²) in [6.45, 7) is 1.84. The number of nitrogens with two attached hydrogens (primary N) is 1. The van der Waals surface area contributed by atoms with Crippen molar-refractivity contribution < 1.29 is 9.90 Å². The van der Waals surface area contributed by atoms with E-state index in [1.807, 2.05) is 6.92 Å². The van der Waals surface area contributed by atoms with E-state index in [-0.39, 0.29) is 0 Å². The normalized spacial score (nSPS) is 12.9. The fourth-order valence-corrected chi connectivity index (χ4v) is 1.28. The Kier molecular flexibility index (Phi) is 2.12. The molecule has 0 fully saturated rings. The van der Waals surface area contributed by atoms with E-state index < -0.39 is 12.0 Å². The molecule has 1 atom stereocenters. The smallest absolute Gasteiger partial charge is 0.326 e. The van der Waals surface area contributed by atoms with Crippen LogP contribution in [0, 0.1) is 6.92 Å². The summed E-state index contributed by atoms with van der Waals surface area (Å²) in [6.07, 6.45) is 3.15. The van der Waals surface area contributed by atoms with Gasteiger partial charge in [0.1, 0.15) is 18.0 Å². The lowest BCUT2D eigenvalue weighted by molar-refractivity contribution is -0.138. The molecule has 2 heterocycles. The van der Waals surface area contributed by atoms with E-state index in [2.05, 4.69) is 9.97 Å². The number of carbonyl (C=O) groups is 1. The molecule has 3 N–H and O–H groups in total. The van der Waals surface area contributed by atoms with Crippen LogP contribution < -0.4 is 5.73 Å². The van der Waals surface area contributed by atoms with E-state index in [1.54, 1.807) is 23.0 Å². The SMILES string of the molecule is Cc1cc2nc(C(N)C(=O)O)cn2cn1. The lowest BCUT2D eigenvalue weighted by atomic mass is 10.2. The Hall–Kier alpha value is -1.95. The quantitative estimate of drug-likeness (QED) is 0.728. The number of nitrogens with zero attached hydrogens (tertiary/aromatic N) is 3. The third-order valence-corrected chi connectivity index (χ3v) is 2.09. The predicted octanol–water partition coefficient (Wildman–Crippen LogP) is 0.122. The lowest BCUT2D eigenvalue weighted by Gasteiger charge is -1.99. The number of aryl methyl sites for hydroxylation is 1. The van der Waals surface area contributed by atoms with Crippen LogP contribution >= 0.6 is 0 Å². The molecular formula is C9H10N4O2. The van der Waals surface area contributed by atoms with Crippen LogP contribution in [-0.2, 0) is 4.79 Å². The van der Waals surface area contributed by atoms with Gasteiger partial charge in [0.25, 0.3) is 0 Å². The first kappa shape index (κ1) is 9.60. The van der Waals surface area contributed by atoms with Gasteiger partial charge in [0, 0.05) is 18.0 Å². The van der Waals surface area contributed by atoms with E-state index in [9.17, 15) is 4.79 Å². The highest BCUT2D eigenvalue weighted by Gasteiger charge is 2.17. The zero-order valence-corrected chi connectivity index (χ0v) is 8.08. The second-order valence-corrected chi connectivity index (χ2v) is 3.28. The Morgan fingerprint density at radius 1 is 1.67 bits per heavy atom. The van der Waals surface area contributed by atoms with Crippen molar-refractivity contribution in [2.24, 2.45) is 5.73 Å². The first-order chi connectivity index (χ1) is 7.08. The second kappa shape index (κ2) is 3.32. The van der Waals surface area contributed by atoms with Gasteiger partial charge in [0.2, 0.25) is 0 Å². The summed E-state index contributed by atoms with van der Waals surface area (Å²) in [5.74, 6) is -1.09. The second-order valence-electron chi connectivity index (χ2n) is 3.28. The Bertz CT molecular complexity index is 520. The summed E-state index contributed by atoms with van der Waals surface area (Å²) < 4.78 is 1.64. The van der Waals surface area contributed by atoms with Crippen molar-refractivity contribution >= 4 is 11.6 Å². The van der Waals surface area contributed by atoms with Gasteiger partial charge in [-0.25, -0.2) is 9.97 Å². The molecule has 2 aromatic heterocycles. The van der Waals surface area contributed by atoms with Crippen LogP contribution in [-0.4, -0.2) is 25.4 Å². The highest BCUT2D eigenvalue weighted by molar-refractivity contribution is 5.74. The number of carboxylic acids is 1. The number of hydrogen-bond acceptors (Lipinski definition) is 4. The van der Waals surface area contributed by atoms with Crippen LogP contribution in [0.15, 0.2) is 18.6 Å². The van der Waals surface area contributed by atoms with Crippen molar-refractivity contribution in [1.29, 1.82) is 0 Å². The molecule has 0 radical (unpaired) electrons. The van der Waals surface area contributed by atoms with E-state index in [1.165, 1.54) is 0 Å². The molecule has 1 unspecified atom stereocenters. The largest absolute Gasteiger partial charge is 0.480 e. The first-order valence-electron chi connectivity index (χ1n) is 4.37. The number of imidazole rings is 1. The topological polar surface area (TPSA) is 93.5 Å². The van der Waals surface area contributed by atoms with Crippen LogP contribution in [0.2, 0.25) is 0 Å². The van der Waals surface area contributed by atoms with Crippen molar-refractivity contribution in [2.75, 3.05) is 0 Å². The van der Waals surface area contributed by atoms with Crippen LogP contribution in [0.1, 0.15) is 17.4 Å². The van der Waals surface area contributed by atoms with Crippen molar-refractivity contribution in [2.45, 2.75) is 13.0 Å². The summed E-state index contributed by atoms with van der Waals surface area (Å²) >= 11 is 0. The van der Waals surface area contributed by atoms with E-state index >= 15 is 0 Å². The molecule has 0 aromatic carbocycles. The van der Waals surface area contributed by atoms with Crippen LogP contribution in [0.25, 0.3) is 5.65 Å². The van der Waals surface area contributed by atoms with Gasteiger partial charge >= 0.3 is 5.97 Å². The molecule has 78 valence electrons. The third-order valence-electron chi connectivity index (χ3n) is 2.09. The first-order valence-corrected chi connectivity index (χ1v) is 4.37. The van der Waals surface area contributed by atoms with Gasteiger partial charge in [-0.3, -0.25) is 9.20 Å². The molecule has 0 spiro atoms. The molecule has 0 saturated heterocycles. The van der Waals surface area contributed by atoms with E-state index in [0.717, 1.165) is 5.69 Å². The number of aliphatic carboxylic acids is 1. The zero-order chi connectivity index (χ0) is 11.0. The lowest BCUT2D eigenvalue weighted by Crippen LogP contribution is -2.20. The number of aromatic nitrogens is 3. The standard InChI is InChI=1S/C9H10N4O2/c1-5-2-7-12-6(8(10)9(14)15)3-13(7)4-11-5/h2-4,8H,10H2,1H3,(H,14,15). The molecule has 0 amide bonds. The molecular weight excluding hydrogens is 196 g/mol. The van der Waals surface area contributed by atoms with Crippen molar-refractivity contribution in [3.05, 3.63) is 30.0 Å². The van der Waals surface area contributed by atoms with Gasteiger partial charge in [-0.1, -0.05) is 0 Å². The fraction of sp³-hybridized carbons (Fsp3) is 0.222. The third kappa shape index (κ3) is 1.66. The Labute approximate surface area is 85.4 Å². The average Bonchev–Trinajstić information content (AvgIpc) is 2.58. The van der Waals surface area contributed by atoms with Crippen molar-refractivity contribution in [3.63, 3.8) is 0 Å². The maximum Gasteiger partial charge on any atom is 0.326 e. The Morgan fingerprint density at radius 3 is 3.07 bits per heavy atom. The molecule has 6 nitrogen and oxygen atoms in total. The highest BCUT2D eigenvalue weighted by atomic mass is 16.4. The van der Waals surface area contributed by atoms with Crippen LogP contribution in [0.3, 0.4) is 0 Å². The maximum absolute atomic E-state index is 10.7. The molecule has 6 heteroatoms. The molecule has 0 saturated carbocycles. The van der Waals surface area contributed by atoms with E-state index in [4.69, 9.17) is 10.8 Å². The number of carboxylic acid groups (broad SMARTS) is 1. The van der Waals surface area contributed by atoms with Gasteiger partial charge in [-0.15, -0.1) is 0 Å². The van der Waals surface area contributed by atoms with Gasteiger partial charge in [-0.05, 0) is 6.92 Å². The van der Waals surface area contributed by atoms with Gasteiger partial charge in [0.15, 0.2) is 0 Å². The number of fused-ring (bicyclic) bond motifs is 1. The molecule has 0 aliphatic carbocycles. The maximum atomic E-state index is 10.7. The van der Waals surface area contributed by atoms with Gasteiger partial charge in [0.05, 0.1) is 5.69 Å². The molecule has 0 bridgehead atoms. The van der Waals surface area contributed by atoms with Gasteiger partial charge in [-0.2, -0.15) is 0 Å². The predicted molar refractivity (Wildman–Crippen MR) is 52.3 cm³/mol.